The molecule has 6 nitrogen and oxygen atoms in total. The van der Waals surface area contributed by atoms with Crippen LogP contribution in [0.2, 0.25) is 5.02 Å². The number of nitrogens with one attached hydrogen (secondary N) is 1. The van der Waals surface area contributed by atoms with Crippen molar-refractivity contribution in [3.05, 3.63) is 82.6 Å². The summed E-state index contributed by atoms with van der Waals surface area (Å²) in [6, 6.07) is 14.9. The molecule has 7 heteroatoms. The van der Waals surface area contributed by atoms with E-state index in [1.54, 1.807) is 22.0 Å². The quantitative estimate of drug-likeness (QED) is 0.706. The van der Waals surface area contributed by atoms with Crippen LogP contribution in [0.1, 0.15) is 22.7 Å². The van der Waals surface area contributed by atoms with Gasteiger partial charge in [-0.3, -0.25) is 4.68 Å². The van der Waals surface area contributed by atoms with Crippen LogP contribution >= 0.6 is 11.6 Å². The summed E-state index contributed by atoms with van der Waals surface area (Å²) in [6.07, 6.45) is 4.19. The van der Waals surface area contributed by atoms with Crippen LogP contribution < -0.4 is 5.32 Å². The number of urea groups is 1. The van der Waals surface area contributed by atoms with Gasteiger partial charge in [-0.2, -0.15) is 5.10 Å². The van der Waals surface area contributed by atoms with E-state index in [0.717, 1.165) is 17.5 Å². The van der Waals surface area contributed by atoms with Crippen molar-refractivity contribution in [2.24, 2.45) is 0 Å². The zero-order valence-electron chi connectivity index (χ0n) is 15.3. The number of carbonyl (C=O) groups excluding carboxylic acids is 1. The molecule has 1 aliphatic heterocycles. The van der Waals surface area contributed by atoms with E-state index < -0.39 is 0 Å². The first-order chi connectivity index (χ1) is 13.6. The number of fused-ring (bicyclic) bond motifs is 1. The molecule has 1 atom stereocenters. The molecular weight excluding hydrogens is 376 g/mol. The highest BCUT2D eigenvalue weighted by Crippen LogP contribution is 2.29. The van der Waals surface area contributed by atoms with Gasteiger partial charge in [-0.25, -0.2) is 4.79 Å². The average Bonchev–Trinajstić information content (AvgIpc) is 3.15. The summed E-state index contributed by atoms with van der Waals surface area (Å²) in [4.78, 5) is 14.5. The van der Waals surface area contributed by atoms with Crippen molar-refractivity contribution in [3.63, 3.8) is 0 Å². The van der Waals surface area contributed by atoms with Gasteiger partial charge >= 0.3 is 6.03 Å². The number of carbonyl (C=O) groups is 1. The maximum Gasteiger partial charge on any atom is 0.322 e. The Balaban J connectivity index is 1.44. The highest BCUT2D eigenvalue weighted by atomic mass is 35.5. The number of anilines is 1. The molecule has 0 aliphatic carbocycles. The van der Waals surface area contributed by atoms with Gasteiger partial charge in [-0.1, -0.05) is 48.0 Å². The van der Waals surface area contributed by atoms with Crippen LogP contribution in [0, 0.1) is 0 Å². The molecule has 0 bridgehead atoms. The summed E-state index contributed by atoms with van der Waals surface area (Å²) in [5.74, 6) is 0. The number of amides is 2. The number of hydrogen-bond donors (Lipinski definition) is 2. The van der Waals surface area contributed by atoms with Gasteiger partial charge in [0.15, 0.2) is 0 Å². The number of aliphatic hydroxyl groups excluding tert-OH is 1. The van der Waals surface area contributed by atoms with Crippen LogP contribution in [0.5, 0.6) is 0 Å². The zero-order valence-corrected chi connectivity index (χ0v) is 16.0. The minimum atomic E-state index is -0.339. The van der Waals surface area contributed by atoms with Crippen molar-refractivity contribution in [2.75, 3.05) is 18.5 Å². The fraction of sp³-hybridized carbons (Fsp3) is 0.238. The lowest BCUT2D eigenvalue weighted by Crippen LogP contribution is -2.43. The third-order valence-corrected chi connectivity index (χ3v) is 5.24. The molecule has 3 aromatic rings. The number of rotatable bonds is 4. The Morgan fingerprint density at radius 3 is 2.79 bits per heavy atom. The van der Waals surface area contributed by atoms with Crippen molar-refractivity contribution >= 4 is 23.3 Å². The molecule has 0 spiro atoms. The van der Waals surface area contributed by atoms with Crippen LogP contribution in [0.3, 0.4) is 0 Å². The SMILES string of the molecule is O=C(Nc1cnn(Cc2ccc(Cl)cc2)c1)N1CCc2ccccc2C1CO. The Morgan fingerprint density at radius 2 is 2.00 bits per heavy atom. The van der Waals surface area contributed by atoms with Crippen molar-refractivity contribution in [3.8, 4) is 0 Å². The van der Waals surface area contributed by atoms with Gasteiger partial charge in [0.2, 0.25) is 0 Å². The van der Waals surface area contributed by atoms with Gasteiger partial charge in [-0.05, 0) is 35.2 Å². The fourth-order valence-electron chi connectivity index (χ4n) is 3.58. The standard InChI is InChI=1S/C21H21ClN4O2/c22-17-7-5-15(6-8-17)12-25-13-18(11-23-25)24-21(28)26-10-9-16-3-1-2-4-19(16)20(26)14-27/h1-8,11,13,20,27H,9-10,12,14H2,(H,24,28). The van der Waals surface area contributed by atoms with E-state index in [-0.39, 0.29) is 18.7 Å². The number of aromatic nitrogens is 2. The summed E-state index contributed by atoms with van der Waals surface area (Å²) >= 11 is 5.91. The molecule has 2 N–H and O–H groups in total. The van der Waals surface area contributed by atoms with Crippen molar-refractivity contribution in [2.45, 2.75) is 19.0 Å². The molecule has 0 fully saturated rings. The second-order valence-corrected chi connectivity index (χ2v) is 7.26. The summed E-state index contributed by atoms with van der Waals surface area (Å²) in [5.41, 5.74) is 3.87. The topological polar surface area (TPSA) is 70.4 Å². The van der Waals surface area contributed by atoms with Gasteiger partial charge in [0.25, 0.3) is 0 Å². The third kappa shape index (κ3) is 3.88. The maximum atomic E-state index is 12.8. The largest absolute Gasteiger partial charge is 0.394 e. The Morgan fingerprint density at radius 1 is 1.21 bits per heavy atom. The molecule has 2 heterocycles. The van der Waals surface area contributed by atoms with E-state index >= 15 is 0 Å². The first-order valence-electron chi connectivity index (χ1n) is 9.17. The van der Waals surface area contributed by atoms with Crippen LogP contribution in [0.25, 0.3) is 0 Å². The molecule has 28 heavy (non-hydrogen) atoms. The first kappa shape index (κ1) is 18.5. The minimum absolute atomic E-state index is 0.111. The van der Waals surface area contributed by atoms with Gasteiger partial charge in [0.1, 0.15) is 0 Å². The Hall–Kier alpha value is -2.83. The average molecular weight is 397 g/mol. The second kappa shape index (κ2) is 8.04. The lowest BCUT2D eigenvalue weighted by molar-refractivity contribution is 0.135. The van der Waals surface area contributed by atoms with Crippen LogP contribution in [0.15, 0.2) is 60.9 Å². The third-order valence-electron chi connectivity index (χ3n) is 4.99. The molecule has 1 aromatic heterocycles. The fourth-order valence-corrected chi connectivity index (χ4v) is 3.70. The Labute approximate surface area is 168 Å². The predicted molar refractivity (Wildman–Crippen MR) is 108 cm³/mol. The number of nitrogens with zero attached hydrogens (tertiary/aromatic N) is 3. The molecule has 0 saturated carbocycles. The van der Waals surface area contributed by atoms with Gasteiger partial charge < -0.3 is 15.3 Å². The molecular formula is C21H21ClN4O2. The van der Waals surface area contributed by atoms with Gasteiger partial charge in [-0.15, -0.1) is 0 Å². The van der Waals surface area contributed by atoms with E-state index in [1.807, 2.05) is 48.5 Å². The van der Waals surface area contributed by atoms with E-state index in [4.69, 9.17) is 11.6 Å². The van der Waals surface area contributed by atoms with Gasteiger partial charge in [0.05, 0.1) is 31.1 Å². The minimum Gasteiger partial charge on any atom is -0.394 e. The van der Waals surface area contributed by atoms with Crippen molar-refractivity contribution in [1.82, 2.24) is 14.7 Å². The normalized spacial score (nSPS) is 15.9. The lowest BCUT2D eigenvalue weighted by atomic mass is 9.93. The van der Waals surface area contributed by atoms with Crippen LogP contribution in [-0.2, 0) is 13.0 Å². The summed E-state index contributed by atoms with van der Waals surface area (Å²) < 4.78 is 1.76. The molecule has 144 valence electrons. The highest BCUT2D eigenvalue weighted by molar-refractivity contribution is 6.30. The van der Waals surface area contributed by atoms with E-state index in [2.05, 4.69) is 10.4 Å². The van der Waals surface area contributed by atoms with Crippen molar-refractivity contribution < 1.29 is 9.90 Å². The summed E-state index contributed by atoms with van der Waals surface area (Å²) in [5, 5.41) is 17.8. The number of aliphatic hydroxyl groups is 1. The molecule has 1 unspecified atom stereocenters. The smallest absolute Gasteiger partial charge is 0.322 e. The van der Waals surface area contributed by atoms with E-state index in [9.17, 15) is 9.90 Å². The summed E-state index contributed by atoms with van der Waals surface area (Å²) in [7, 11) is 0. The Bertz CT molecular complexity index is 971. The highest BCUT2D eigenvalue weighted by Gasteiger charge is 2.30. The maximum absolute atomic E-state index is 12.8. The number of benzene rings is 2. The van der Waals surface area contributed by atoms with E-state index in [0.29, 0.717) is 23.8 Å². The van der Waals surface area contributed by atoms with Crippen molar-refractivity contribution in [1.29, 1.82) is 0 Å². The van der Waals surface area contributed by atoms with Crippen LogP contribution in [0.4, 0.5) is 10.5 Å². The molecule has 1 aliphatic rings. The summed E-state index contributed by atoms with van der Waals surface area (Å²) in [6.45, 7) is 1.04. The van der Waals surface area contributed by atoms with Gasteiger partial charge in [0, 0.05) is 17.8 Å². The predicted octanol–water partition coefficient (Wildman–Crippen LogP) is 3.71. The molecule has 0 radical (unpaired) electrons. The van der Waals surface area contributed by atoms with E-state index in [1.165, 1.54) is 5.56 Å². The lowest BCUT2D eigenvalue weighted by Gasteiger charge is -2.36. The monoisotopic (exact) mass is 396 g/mol. The Kier molecular flexibility index (Phi) is 5.32. The second-order valence-electron chi connectivity index (χ2n) is 6.82. The zero-order chi connectivity index (χ0) is 19.5. The molecule has 0 saturated heterocycles. The number of hydrogen-bond acceptors (Lipinski definition) is 3. The molecule has 4 rings (SSSR count). The first-order valence-corrected chi connectivity index (χ1v) is 9.55. The molecule has 2 amide bonds. The number of halogens is 1. The molecule has 2 aromatic carbocycles. The van der Waals surface area contributed by atoms with Crippen LogP contribution in [-0.4, -0.2) is 39.0 Å².